The molecule has 0 aromatic carbocycles. The van der Waals surface area contributed by atoms with Gasteiger partial charge < -0.3 is 9.47 Å². The lowest BCUT2D eigenvalue weighted by Crippen LogP contribution is -2.15. The molecule has 0 saturated heterocycles. The van der Waals surface area contributed by atoms with Crippen LogP contribution in [0.2, 0.25) is 10.2 Å². The van der Waals surface area contributed by atoms with Gasteiger partial charge in [-0.25, -0.2) is 4.79 Å². The van der Waals surface area contributed by atoms with Gasteiger partial charge in [-0.05, 0) is 13.8 Å². The van der Waals surface area contributed by atoms with Crippen molar-refractivity contribution in [1.29, 1.82) is 0 Å². The van der Waals surface area contributed by atoms with Crippen molar-refractivity contribution in [2.75, 3.05) is 0 Å². The Labute approximate surface area is 94.9 Å². The van der Waals surface area contributed by atoms with Gasteiger partial charge in [0, 0.05) is 11.5 Å². The van der Waals surface area contributed by atoms with E-state index in [4.69, 9.17) is 32.7 Å². The van der Waals surface area contributed by atoms with E-state index in [9.17, 15) is 4.79 Å². The van der Waals surface area contributed by atoms with Gasteiger partial charge in [0.2, 0.25) is 5.06 Å². The van der Waals surface area contributed by atoms with Gasteiger partial charge in [-0.15, -0.1) is 0 Å². The molecule has 4 nitrogen and oxygen atoms in total. The maximum Gasteiger partial charge on any atom is 0.515 e. The van der Waals surface area contributed by atoms with E-state index >= 15 is 0 Å². The van der Waals surface area contributed by atoms with Crippen molar-refractivity contribution in [3.8, 4) is 5.06 Å². The van der Waals surface area contributed by atoms with Gasteiger partial charge in [-0.1, -0.05) is 23.2 Å². The van der Waals surface area contributed by atoms with Gasteiger partial charge in [-0.3, -0.25) is 0 Å². The first-order chi connectivity index (χ1) is 6.50. The summed E-state index contributed by atoms with van der Waals surface area (Å²) in [5, 5.41) is 0.378. The Morgan fingerprint density at radius 2 is 2.14 bits per heavy atom. The fourth-order valence-electron chi connectivity index (χ4n) is 0.602. The molecule has 7 heteroatoms. The zero-order chi connectivity index (χ0) is 10.7. The Balaban J connectivity index is 2.61. The van der Waals surface area contributed by atoms with E-state index in [-0.39, 0.29) is 21.3 Å². The number of nitrogens with zero attached hydrogens (tertiary/aromatic N) is 1. The Morgan fingerprint density at radius 1 is 1.50 bits per heavy atom. The first-order valence-electron chi connectivity index (χ1n) is 3.70. The lowest BCUT2D eigenvalue weighted by Gasteiger charge is -2.06. The smallest absolute Gasteiger partial charge is 0.431 e. The third-order valence-corrected chi connectivity index (χ3v) is 2.74. The van der Waals surface area contributed by atoms with Crippen LogP contribution < -0.4 is 4.74 Å². The monoisotopic (exact) mass is 255 g/mol. The zero-order valence-corrected chi connectivity index (χ0v) is 9.74. The van der Waals surface area contributed by atoms with Crippen molar-refractivity contribution >= 4 is 40.9 Å². The molecular weight excluding hydrogens is 249 g/mol. The summed E-state index contributed by atoms with van der Waals surface area (Å²) in [6.45, 7) is 3.42. The molecule has 0 aliphatic heterocycles. The van der Waals surface area contributed by atoms with Gasteiger partial charge in [0.05, 0.1) is 6.10 Å². The fraction of sp³-hybridized carbons (Fsp3) is 0.429. The van der Waals surface area contributed by atoms with Gasteiger partial charge in [-0.2, -0.15) is 4.37 Å². The van der Waals surface area contributed by atoms with Crippen LogP contribution in [0.5, 0.6) is 5.06 Å². The number of rotatable bonds is 2. The second kappa shape index (κ2) is 4.82. The van der Waals surface area contributed by atoms with Crippen LogP contribution in [0.1, 0.15) is 13.8 Å². The zero-order valence-electron chi connectivity index (χ0n) is 7.41. The van der Waals surface area contributed by atoms with E-state index in [1.807, 2.05) is 0 Å². The molecule has 0 spiro atoms. The number of aromatic nitrogens is 1. The van der Waals surface area contributed by atoms with Crippen LogP contribution in [0.3, 0.4) is 0 Å². The molecule has 0 atom stereocenters. The van der Waals surface area contributed by atoms with Gasteiger partial charge >= 0.3 is 6.16 Å². The van der Waals surface area contributed by atoms with Crippen LogP contribution in [0.15, 0.2) is 0 Å². The summed E-state index contributed by atoms with van der Waals surface area (Å²) in [7, 11) is 0. The molecule has 0 amide bonds. The summed E-state index contributed by atoms with van der Waals surface area (Å²) in [6.07, 6.45) is -1.06. The number of carbonyl (C=O) groups excluding carboxylic acids is 1. The summed E-state index contributed by atoms with van der Waals surface area (Å²) >= 11 is 12.1. The molecule has 0 radical (unpaired) electrons. The molecule has 0 N–H and O–H groups in total. The van der Waals surface area contributed by atoms with Crippen molar-refractivity contribution in [3.63, 3.8) is 0 Å². The number of carbonyl (C=O) groups is 1. The Hall–Kier alpha value is -0.520. The summed E-state index contributed by atoms with van der Waals surface area (Å²) < 4.78 is 13.2. The van der Waals surface area contributed by atoms with Crippen LogP contribution in [0.25, 0.3) is 0 Å². The lowest BCUT2D eigenvalue weighted by atomic mass is 10.5. The van der Waals surface area contributed by atoms with E-state index in [0.717, 1.165) is 11.5 Å². The predicted octanol–water partition coefficient (Wildman–Crippen LogP) is 3.37. The Bertz CT molecular complexity index is 340. The molecule has 0 unspecified atom stereocenters. The van der Waals surface area contributed by atoms with Crippen molar-refractivity contribution in [2.24, 2.45) is 0 Å². The molecule has 1 rings (SSSR count). The second-order valence-corrected chi connectivity index (χ2v) is 4.07. The third kappa shape index (κ3) is 3.01. The van der Waals surface area contributed by atoms with Gasteiger partial charge in [0.1, 0.15) is 5.02 Å². The first kappa shape index (κ1) is 11.6. The molecule has 78 valence electrons. The quantitative estimate of drug-likeness (QED) is 0.761. The molecule has 1 aromatic rings. The minimum Gasteiger partial charge on any atom is -0.431 e. The number of hydrogen-bond donors (Lipinski definition) is 0. The van der Waals surface area contributed by atoms with Crippen molar-refractivity contribution in [2.45, 2.75) is 20.0 Å². The largest absolute Gasteiger partial charge is 0.515 e. The number of halogens is 2. The third-order valence-electron chi connectivity index (χ3n) is 1.08. The summed E-state index contributed by atoms with van der Waals surface area (Å²) in [5.74, 6) is 0. The van der Waals surface area contributed by atoms with Crippen LogP contribution in [-0.4, -0.2) is 16.6 Å². The highest BCUT2D eigenvalue weighted by Crippen LogP contribution is 2.35. The minimum atomic E-state index is -0.817. The van der Waals surface area contributed by atoms with Gasteiger partial charge in [0.25, 0.3) is 0 Å². The van der Waals surface area contributed by atoms with E-state index in [1.165, 1.54) is 0 Å². The highest BCUT2D eigenvalue weighted by atomic mass is 35.5. The van der Waals surface area contributed by atoms with Crippen LogP contribution in [-0.2, 0) is 4.74 Å². The number of ether oxygens (including phenoxy) is 2. The lowest BCUT2D eigenvalue weighted by molar-refractivity contribution is 0.0740. The van der Waals surface area contributed by atoms with E-state index in [2.05, 4.69) is 4.37 Å². The average Bonchev–Trinajstić information content (AvgIpc) is 2.34. The molecule has 0 bridgehead atoms. The molecule has 0 aliphatic rings. The van der Waals surface area contributed by atoms with E-state index in [1.54, 1.807) is 13.8 Å². The molecule has 0 fully saturated rings. The topological polar surface area (TPSA) is 48.4 Å². The van der Waals surface area contributed by atoms with Gasteiger partial charge in [0.15, 0.2) is 5.15 Å². The predicted molar refractivity (Wildman–Crippen MR) is 54.4 cm³/mol. The maximum absolute atomic E-state index is 11.0. The normalized spacial score (nSPS) is 10.4. The highest BCUT2D eigenvalue weighted by molar-refractivity contribution is 7.09. The second-order valence-electron chi connectivity index (χ2n) is 2.59. The van der Waals surface area contributed by atoms with Crippen LogP contribution >= 0.6 is 34.7 Å². The van der Waals surface area contributed by atoms with E-state index in [0.29, 0.717) is 0 Å². The summed E-state index contributed by atoms with van der Waals surface area (Å²) in [6, 6.07) is 0. The number of hydrogen-bond acceptors (Lipinski definition) is 5. The molecule has 1 heterocycles. The standard InChI is InChI=1S/C7H7Cl2NO3S/c1-3(2)12-7(11)13-6-4(8)5(9)10-14-6/h3H,1-2H3. The Morgan fingerprint density at radius 3 is 2.57 bits per heavy atom. The highest BCUT2D eigenvalue weighted by Gasteiger charge is 2.16. The van der Waals surface area contributed by atoms with Crippen molar-refractivity contribution < 1.29 is 14.3 Å². The van der Waals surface area contributed by atoms with E-state index < -0.39 is 6.16 Å². The molecular formula is C7H7Cl2NO3S. The SMILES string of the molecule is CC(C)OC(=O)Oc1snc(Cl)c1Cl. The first-order valence-corrected chi connectivity index (χ1v) is 5.22. The molecule has 14 heavy (non-hydrogen) atoms. The average molecular weight is 256 g/mol. The summed E-state index contributed by atoms with van der Waals surface area (Å²) in [4.78, 5) is 11.0. The molecule has 0 saturated carbocycles. The fourth-order valence-corrected chi connectivity index (χ4v) is 1.62. The summed E-state index contributed by atoms with van der Waals surface area (Å²) in [5.41, 5.74) is 0. The maximum atomic E-state index is 11.0. The van der Waals surface area contributed by atoms with Crippen molar-refractivity contribution in [1.82, 2.24) is 4.37 Å². The van der Waals surface area contributed by atoms with Crippen molar-refractivity contribution in [3.05, 3.63) is 10.2 Å². The molecule has 0 aliphatic carbocycles. The van der Waals surface area contributed by atoms with Crippen LogP contribution in [0.4, 0.5) is 4.79 Å². The van der Waals surface area contributed by atoms with Crippen LogP contribution in [0, 0.1) is 0 Å². The minimum absolute atomic E-state index is 0.115. The Kier molecular flexibility index (Phi) is 3.97. The molecule has 1 aromatic heterocycles.